The van der Waals surface area contributed by atoms with Gasteiger partial charge >= 0.3 is 0 Å². The highest BCUT2D eigenvalue weighted by Gasteiger charge is 2.09. The zero-order valence-corrected chi connectivity index (χ0v) is 16.2. The van der Waals surface area contributed by atoms with E-state index in [1.165, 1.54) is 0 Å². The molecule has 0 aromatic heterocycles. The van der Waals surface area contributed by atoms with Crippen LogP contribution < -0.4 is 10.1 Å². The second-order valence-corrected chi connectivity index (χ2v) is 6.56. The van der Waals surface area contributed by atoms with Crippen LogP contribution in [-0.2, 0) is 9.53 Å². The van der Waals surface area contributed by atoms with Gasteiger partial charge in [-0.2, -0.15) is 5.26 Å². The monoisotopic (exact) mass is 389 g/mol. The molecule has 1 heterocycles. The van der Waals surface area contributed by atoms with Crippen molar-refractivity contribution in [2.75, 3.05) is 44.8 Å². The molecule has 1 aliphatic rings. The maximum Gasteiger partial charge on any atom is 0.211 e. The number of hydrogen-bond acceptors (Lipinski definition) is 5. The minimum absolute atomic E-state index is 0.379. The van der Waals surface area contributed by atoms with E-state index in [-0.39, 0.29) is 0 Å². The molecule has 0 bridgehead atoms. The number of hydrogen-bond donors (Lipinski definition) is 1. The predicted octanol–water partition coefficient (Wildman–Crippen LogP) is 2.63. The van der Waals surface area contributed by atoms with E-state index in [2.05, 4.69) is 28.1 Å². The molecule has 0 atom stereocenters. The molecule has 148 valence electrons. The van der Waals surface area contributed by atoms with Gasteiger partial charge in [-0.1, -0.05) is 11.8 Å². The van der Waals surface area contributed by atoms with E-state index in [0.717, 1.165) is 50.6 Å². The van der Waals surface area contributed by atoms with Gasteiger partial charge in [-0.25, -0.2) is 0 Å². The molecule has 1 amide bonds. The Morgan fingerprint density at radius 3 is 2.55 bits per heavy atom. The van der Waals surface area contributed by atoms with Crippen molar-refractivity contribution >= 4 is 12.1 Å². The van der Waals surface area contributed by atoms with Crippen LogP contribution in [0.3, 0.4) is 0 Å². The number of nitriles is 1. The van der Waals surface area contributed by atoms with Crippen LogP contribution in [0.15, 0.2) is 42.5 Å². The molecular weight excluding hydrogens is 366 g/mol. The molecule has 2 aromatic carbocycles. The number of carbonyl (C=O) groups excluding carboxylic acids is 1. The van der Waals surface area contributed by atoms with E-state index in [9.17, 15) is 10.1 Å². The molecule has 0 unspecified atom stereocenters. The van der Waals surface area contributed by atoms with Gasteiger partial charge in [0.2, 0.25) is 6.41 Å². The summed E-state index contributed by atoms with van der Waals surface area (Å²) >= 11 is 0. The van der Waals surface area contributed by atoms with Crippen LogP contribution in [0.4, 0.5) is 5.69 Å². The first-order valence-electron chi connectivity index (χ1n) is 9.58. The largest absolute Gasteiger partial charge is 0.494 e. The third-order valence-electron chi connectivity index (χ3n) is 4.55. The summed E-state index contributed by atoms with van der Waals surface area (Å²) < 4.78 is 11.2. The van der Waals surface area contributed by atoms with E-state index >= 15 is 0 Å². The quantitative estimate of drug-likeness (QED) is 0.448. The number of anilines is 1. The highest BCUT2D eigenvalue weighted by molar-refractivity contribution is 5.76. The maximum atomic E-state index is 10.6. The maximum absolute atomic E-state index is 10.6. The normalized spacial score (nSPS) is 13.6. The van der Waals surface area contributed by atoms with Crippen molar-refractivity contribution in [2.24, 2.45) is 0 Å². The van der Waals surface area contributed by atoms with E-state index < -0.39 is 0 Å². The Morgan fingerprint density at radius 1 is 1.10 bits per heavy atom. The zero-order chi connectivity index (χ0) is 20.3. The summed E-state index contributed by atoms with van der Waals surface area (Å²) in [5.41, 5.74) is 2.42. The van der Waals surface area contributed by atoms with Gasteiger partial charge in [0, 0.05) is 30.8 Å². The first kappa shape index (κ1) is 20.4. The van der Waals surface area contributed by atoms with Crippen molar-refractivity contribution in [3.05, 3.63) is 59.2 Å². The smallest absolute Gasteiger partial charge is 0.211 e. The number of morpholine rings is 1. The zero-order valence-electron chi connectivity index (χ0n) is 16.2. The molecule has 6 nitrogen and oxygen atoms in total. The van der Waals surface area contributed by atoms with Crippen LogP contribution in [-0.4, -0.2) is 50.8 Å². The molecule has 1 saturated heterocycles. The highest BCUT2D eigenvalue weighted by atomic mass is 16.5. The van der Waals surface area contributed by atoms with E-state index in [4.69, 9.17) is 9.47 Å². The van der Waals surface area contributed by atoms with Crippen molar-refractivity contribution in [1.29, 1.82) is 5.26 Å². The lowest BCUT2D eigenvalue weighted by atomic mass is 10.1. The number of nitrogens with one attached hydrogen (secondary N) is 1. The fraction of sp³-hybridized carbons (Fsp3) is 0.304. The van der Waals surface area contributed by atoms with Gasteiger partial charge in [-0.3, -0.25) is 9.69 Å². The molecule has 6 heteroatoms. The summed E-state index contributed by atoms with van der Waals surface area (Å²) in [5.74, 6) is 6.94. The van der Waals surface area contributed by atoms with Crippen LogP contribution in [0.1, 0.15) is 23.1 Å². The Bertz CT molecular complexity index is 917. The predicted molar refractivity (Wildman–Crippen MR) is 111 cm³/mol. The number of amides is 1. The van der Waals surface area contributed by atoms with Gasteiger partial charge in [0.05, 0.1) is 31.1 Å². The van der Waals surface area contributed by atoms with Gasteiger partial charge in [-0.05, 0) is 48.9 Å². The number of benzene rings is 2. The minimum atomic E-state index is 0.379. The topological polar surface area (TPSA) is 74.6 Å². The van der Waals surface area contributed by atoms with Crippen molar-refractivity contribution in [3.63, 3.8) is 0 Å². The highest BCUT2D eigenvalue weighted by Crippen LogP contribution is 2.16. The summed E-state index contributed by atoms with van der Waals surface area (Å²) in [4.78, 5) is 12.9. The Labute approximate surface area is 171 Å². The lowest BCUT2D eigenvalue weighted by Gasteiger charge is -2.26. The molecule has 29 heavy (non-hydrogen) atoms. The van der Waals surface area contributed by atoms with Gasteiger partial charge in [0.25, 0.3) is 0 Å². The van der Waals surface area contributed by atoms with Crippen molar-refractivity contribution < 1.29 is 14.3 Å². The fourth-order valence-corrected chi connectivity index (χ4v) is 2.99. The lowest BCUT2D eigenvalue weighted by Crippen LogP contribution is -2.37. The summed E-state index contributed by atoms with van der Waals surface area (Å²) in [6, 6.07) is 14.8. The SMILES string of the molecule is N#Cc1cc(C#Cc2ccc(OCCCN3CCOCC3)cc2)ccc1NC=O. The summed E-state index contributed by atoms with van der Waals surface area (Å²) in [6.07, 6.45) is 1.53. The molecule has 3 rings (SSSR count). The van der Waals surface area contributed by atoms with Crippen LogP contribution in [0.2, 0.25) is 0 Å². The number of carbonyl (C=O) groups is 1. The molecule has 0 radical (unpaired) electrons. The van der Waals surface area contributed by atoms with Crippen LogP contribution in [0.25, 0.3) is 0 Å². The van der Waals surface area contributed by atoms with Gasteiger partial charge in [-0.15, -0.1) is 0 Å². The number of ether oxygens (including phenoxy) is 2. The summed E-state index contributed by atoms with van der Waals surface area (Å²) in [5, 5.41) is 11.7. The van der Waals surface area contributed by atoms with Gasteiger partial charge in [0.1, 0.15) is 11.8 Å². The van der Waals surface area contributed by atoms with Crippen molar-refractivity contribution in [1.82, 2.24) is 4.90 Å². The van der Waals surface area contributed by atoms with Gasteiger partial charge < -0.3 is 14.8 Å². The average Bonchev–Trinajstić information content (AvgIpc) is 2.77. The molecule has 0 spiro atoms. The van der Waals surface area contributed by atoms with Crippen molar-refractivity contribution in [3.8, 4) is 23.7 Å². The van der Waals surface area contributed by atoms with Crippen LogP contribution >= 0.6 is 0 Å². The van der Waals surface area contributed by atoms with Gasteiger partial charge in [0.15, 0.2) is 0 Å². The Balaban J connectivity index is 1.50. The second-order valence-electron chi connectivity index (χ2n) is 6.56. The minimum Gasteiger partial charge on any atom is -0.494 e. The molecule has 1 fully saturated rings. The van der Waals surface area contributed by atoms with Crippen molar-refractivity contribution in [2.45, 2.75) is 6.42 Å². The molecule has 2 aromatic rings. The van der Waals surface area contributed by atoms with E-state index in [0.29, 0.717) is 29.8 Å². The van der Waals surface area contributed by atoms with E-state index in [1.54, 1.807) is 18.2 Å². The molecule has 0 aliphatic carbocycles. The Morgan fingerprint density at radius 2 is 1.83 bits per heavy atom. The molecular formula is C23H23N3O3. The number of rotatable bonds is 7. The fourth-order valence-electron chi connectivity index (χ4n) is 2.99. The summed E-state index contributed by atoms with van der Waals surface area (Å²) in [7, 11) is 0. The standard InChI is InChI=1S/C23H23N3O3/c24-17-21-16-20(6-9-23(21)25-18-27)3-2-19-4-7-22(8-5-19)29-13-1-10-26-11-14-28-15-12-26/h4-9,16,18H,1,10-15H2,(H,25,27). The summed E-state index contributed by atoms with van der Waals surface area (Å²) in [6.45, 7) is 5.35. The number of nitrogens with zero attached hydrogens (tertiary/aromatic N) is 2. The first-order valence-corrected chi connectivity index (χ1v) is 9.58. The molecule has 1 aliphatic heterocycles. The molecule has 0 saturated carbocycles. The lowest BCUT2D eigenvalue weighted by molar-refractivity contribution is -0.105. The van der Waals surface area contributed by atoms with E-state index in [1.807, 2.05) is 24.3 Å². The van der Waals surface area contributed by atoms with Crippen LogP contribution in [0.5, 0.6) is 5.75 Å². The first-order chi connectivity index (χ1) is 14.3. The molecule has 1 N–H and O–H groups in total. The third kappa shape index (κ3) is 6.36. The average molecular weight is 389 g/mol. The third-order valence-corrected chi connectivity index (χ3v) is 4.55. The van der Waals surface area contributed by atoms with Crippen LogP contribution in [0, 0.1) is 23.2 Å². The Hall–Kier alpha value is -3.32. The second kappa shape index (κ2) is 10.9. The Kier molecular flexibility index (Phi) is 7.65.